The van der Waals surface area contributed by atoms with Gasteiger partial charge in [-0.15, -0.1) is 0 Å². The first-order valence-corrected chi connectivity index (χ1v) is 13.2. The highest BCUT2D eigenvalue weighted by Crippen LogP contribution is 2.33. The van der Waals surface area contributed by atoms with Crippen LogP contribution in [0.1, 0.15) is 32.3 Å². The van der Waals surface area contributed by atoms with Gasteiger partial charge in [0.05, 0.1) is 22.0 Å². The van der Waals surface area contributed by atoms with Crippen molar-refractivity contribution in [3.8, 4) is 0 Å². The van der Waals surface area contributed by atoms with Crippen molar-refractivity contribution in [1.82, 2.24) is 10.2 Å². The van der Waals surface area contributed by atoms with E-state index in [0.29, 0.717) is 13.0 Å². The Labute approximate surface area is 205 Å². The maximum Gasteiger partial charge on any atom is 0.244 e. The first-order valence-electron chi connectivity index (χ1n) is 10.6. The van der Waals surface area contributed by atoms with Gasteiger partial charge < -0.3 is 10.2 Å². The fraction of sp³-hybridized carbons (Fsp3) is 0.391. The molecule has 0 spiro atoms. The third-order valence-corrected chi connectivity index (χ3v) is 6.95. The highest BCUT2D eigenvalue weighted by atomic mass is 35.5. The molecule has 2 rings (SSSR count). The monoisotopic (exact) mass is 513 g/mol. The Morgan fingerprint density at radius 3 is 2.27 bits per heavy atom. The predicted octanol–water partition coefficient (Wildman–Crippen LogP) is 4.09. The third kappa shape index (κ3) is 7.35. The number of nitrogens with one attached hydrogen (secondary N) is 1. The number of benzene rings is 2. The summed E-state index contributed by atoms with van der Waals surface area (Å²) in [5.41, 5.74) is 0.919. The van der Waals surface area contributed by atoms with Gasteiger partial charge in [0, 0.05) is 13.1 Å². The van der Waals surface area contributed by atoms with Crippen molar-refractivity contribution < 1.29 is 18.0 Å². The molecule has 2 aromatic carbocycles. The summed E-state index contributed by atoms with van der Waals surface area (Å²) in [5.74, 6) is -0.811. The lowest BCUT2D eigenvalue weighted by molar-refractivity contribution is -0.140. The molecule has 0 heterocycles. The minimum Gasteiger partial charge on any atom is -0.354 e. The van der Waals surface area contributed by atoms with Crippen molar-refractivity contribution in [3.63, 3.8) is 0 Å². The van der Waals surface area contributed by atoms with Crippen LogP contribution in [0.3, 0.4) is 0 Å². The Bertz CT molecular complexity index is 1060. The molecule has 0 aromatic heterocycles. The molecule has 10 heteroatoms. The fourth-order valence-corrected chi connectivity index (χ4v) is 4.65. The first kappa shape index (κ1) is 27.0. The van der Waals surface area contributed by atoms with Crippen molar-refractivity contribution in [2.24, 2.45) is 0 Å². The topological polar surface area (TPSA) is 86.8 Å². The number of carbonyl (C=O) groups is 2. The molecule has 0 radical (unpaired) electrons. The molecule has 180 valence electrons. The minimum atomic E-state index is -3.88. The van der Waals surface area contributed by atoms with Gasteiger partial charge >= 0.3 is 0 Å². The molecule has 0 bridgehead atoms. The maximum atomic E-state index is 13.5. The number of nitrogens with zero attached hydrogens (tertiary/aromatic N) is 2. The summed E-state index contributed by atoms with van der Waals surface area (Å²) >= 11 is 12.3. The van der Waals surface area contributed by atoms with E-state index in [4.69, 9.17) is 23.2 Å². The van der Waals surface area contributed by atoms with Crippen LogP contribution in [0.25, 0.3) is 0 Å². The number of anilines is 1. The Kier molecular flexibility index (Phi) is 10.0. The second-order valence-corrected chi connectivity index (χ2v) is 10.3. The number of halogens is 2. The lowest BCUT2D eigenvalue weighted by Gasteiger charge is -2.33. The zero-order valence-electron chi connectivity index (χ0n) is 18.9. The number of hydrogen-bond acceptors (Lipinski definition) is 4. The molecule has 0 saturated heterocycles. The molecule has 0 aliphatic heterocycles. The maximum absolute atomic E-state index is 13.5. The van der Waals surface area contributed by atoms with E-state index < -0.39 is 28.5 Å². The van der Waals surface area contributed by atoms with Crippen molar-refractivity contribution >= 4 is 50.7 Å². The smallest absolute Gasteiger partial charge is 0.244 e. The van der Waals surface area contributed by atoms with Gasteiger partial charge in [-0.2, -0.15) is 0 Å². The van der Waals surface area contributed by atoms with Crippen molar-refractivity contribution in [2.75, 3.05) is 23.7 Å². The van der Waals surface area contributed by atoms with Crippen LogP contribution in [0.4, 0.5) is 5.69 Å². The van der Waals surface area contributed by atoms with E-state index in [1.165, 1.54) is 17.0 Å². The molecular formula is C23H29Cl2N3O4S. The van der Waals surface area contributed by atoms with Gasteiger partial charge in [-0.1, -0.05) is 73.4 Å². The van der Waals surface area contributed by atoms with Crippen LogP contribution >= 0.6 is 23.2 Å². The molecule has 0 aliphatic carbocycles. The molecule has 0 saturated carbocycles. The molecule has 1 N–H and O–H groups in total. The Hall–Kier alpha value is -2.29. The Balaban J connectivity index is 2.44. The van der Waals surface area contributed by atoms with Crippen LogP contribution in [0, 0.1) is 0 Å². The van der Waals surface area contributed by atoms with Crippen molar-refractivity contribution in [2.45, 2.75) is 39.3 Å². The predicted molar refractivity (Wildman–Crippen MR) is 133 cm³/mol. The van der Waals surface area contributed by atoms with E-state index >= 15 is 0 Å². The number of hydrogen-bond donors (Lipinski definition) is 1. The molecule has 1 unspecified atom stereocenters. The molecule has 1 atom stereocenters. The van der Waals surface area contributed by atoms with E-state index in [1.54, 1.807) is 6.07 Å². The molecule has 2 aromatic rings. The molecule has 0 aliphatic rings. The van der Waals surface area contributed by atoms with Crippen LogP contribution in [0.5, 0.6) is 0 Å². The molecule has 0 fully saturated rings. The quantitative estimate of drug-likeness (QED) is 0.490. The fourth-order valence-electron chi connectivity index (χ4n) is 3.35. The summed E-state index contributed by atoms with van der Waals surface area (Å²) in [4.78, 5) is 27.8. The second kappa shape index (κ2) is 12.3. The molecular weight excluding hydrogens is 485 g/mol. The van der Waals surface area contributed by atoms with Gasteiger partial charge in [0.25, 0.3) is 0 Å². The number of sulfonamides is 1. The lowest BCUT2D eigenvalue weighted by Crippen LogP contribution is -2.52. The van der Waals surface area contributed by atoms with Gasteiger partial charge in [0.15, 0.2) is 0 Å². The molecule has 2 amide bonds. The van der Waals surface area contributed by atoms with E-state index in [0.717, 1.165) is 22.5 Å². The zero-order valence-corrected chi connectivity index (χ0v) is 21.3. The van der Waals surface area contributed by atoms with Crippen molar-refractivity contribution in [3.05, 3.63) is 64.1 Å². The second-order valence-electron chi connectivity index (χ2n) is 7.56. The summed E-state index contributed by atoms with van der Waals surface area (Å²) in [6.45, 7) is 3.86. The van der Waals surface area contributed by atoms with E-state index in [-0.39, 0.29) is 28.2 Å². The van der Waals surface area contributed by atoms with Crippen LogP contribution < -0.4 is 9.62 Å². The zero-order chi connectivity index (χ0) is 24.6. The lowest BCUT2D eigenvalue weighted by atomic mass is 10.1. The van der Waals surface area contributed by atoms with Gasteiger partial charge in [-0.3, -0.25) is 13.9 Å². The summed E-state index contributed by atoms with van der Waals surface area (Å²) < 4.78 is 26.1. The van der Waals surface area contributed by atoms with E-state index in [1.807, 2.05) is 44.2 Å². The molecule has 7 nitrogen and oxygen atoms in total. The highest BCUT2D eigenvalue weighted by molar-refractivity contribution is 7.92. The number of rotatable bonds is 11. The van der Waals surface area contributed by atoms with Gasteiger partial charge in [0.1, 0.15) is 12.6 Å². The first-order chi connectivity index (χ1) is 15.6. The van der Waals surface area contributed by atoms with Crippen LogP contribution in [-0.4, -0.2) is 50.5 Å². The summed E-state index contributed by atoms with van der Waals surface area (Å²) in [6, 6.07) is 13.0. The number of amides is 2. The van der Waals surface area contributed by atoms with Crippen LogP contribution in [0.2, 0.25) is 10.0 Å². The van der Waals surface area contributed by atoms with Gasteiger partial charge in [0.2, 0.25) is 21.8 Å². The summed E-state index contributed by atoms with van der Waals surface area (Å²) in [5, 5.41) is 3.03. The van der Waals surface area contributed by atoms with Crippen LogP contribution in [-0.2, 0) is 26.2 Å². The normalized spacial score (nSPS) is 12.2. The summed E-state index contributed by atoms with van der Waals surface area (Å²) in [6.07, 6.45) is 2.11. The average molecular weight is 514 g/mol. The Morgan fingerprint density at radius 1 is 1.03 bits per heavy atom. The molecule has 33 heavy (non-hydrogen) atoms. The average Bonchev–Trinajstić information content (AvgIpc) is 2.77. The van der Waals surface area contributed by atoms with Crippen molar-refractivity contribution in [1.29, 1.82) is 0 Å². The minimum absolute atomic E-state index is 0.0275. The standard InChI is InChI=1S/C23H29Cl2N3O4S/c1-4-14-26-23(30)19(5-2)27(15-17-10-7-6-8-11-17)21(29)16-28(33(3,31)32)20-13-9-12-18(24)22(20)25/h6-13,19H,4-5,14-16H2,1-3H3,(H,26,30). The SMILES string of the molecule is CCCNC(=O)C(CC)N(Cc1ccccc1)C(=O)CN(c1cccc(Cl)c1Cl)S(C)(=O)=O. The highest BCUT2D eigenvalue weighted by Gasteiger charge is 2.32. The Morgan fingerprint density at radius 2 is 1.70 bits per heavy atom. The largest absolute Gasteiger partial charge is 0.354 e. The summed E-state index contributed by atoms with van der Waals surface area (Å²) in [7, 11) is -3.88. The van der Waals surface area contributed by atoms with Gasteiger partial charge in [-0.05, 0) is 30.5 Å². The van der Waals surface area contributed by atoms with E-state index in [2.05, 4.69) is 5.32 Å². The third-order valence-electron chi connectivity index (χ3n) is 5.01. The van der Waals surface area contributed by atoms with Gasteiger partial charge in [-0.25, -0.2) is 8.42 Å². The number of carbonyl (C=O) groups excluding carboxylic acids is 2. The van der Waals surface area contributed by atoms with Crippen LogP contribution in [0.15, 0.2) is 48.5 Å². The van der Waals surface area contributed by atoms with E-state index in [9.17, 15) is 18.0 Å².